The maximum absolute atomic E-state index is 13.0. The quantitative estimate of drug-likeness (QED) is 0.606. The van der Waals surface area contributed by atoms with Crippen molar-refractivity contribution < 1.29 is 23.0 Å². The largest absolute Gasteiger partial charge is 0.491 e. The molecule has 2 saturated carbocycles. The second kappa shape index (κ2) is 8.80. The minimum atomic E-state index is -2.57. The first-order valence-corrected chi connectivity index (χ1v) is 11.7. The molecule has 3 atom stereocenters. The smallest absolute Gasteiger partial charge is 0.255 e. The zero-order chi connectivity index (χ0) is 23.0. The third-order valence-electron chi connectivity index (χ3n) is 6.59. The summed E-state index contributed by atoms with van der Waals surface area (Å²) in [4.78, 5) is 18.5. The van der Waals surface area contributed by atoms with Crippen molar-refractivity contribution in [1.82, 2.24) is 10.3 Å². The van der Waals surface area contributed by atoms with E-state index in [-0.39, 0.29) is 37.0 Å². The van der Waals surface area contributed by atoms with Gasteiger partial charge in [0.1, 0.15) is 23.4 Å². The predicted octanol–water partition coefficient (Wildman–Crippen LogP) is 4.36. The van der Waals surface area contributed by atoms with Crippen LogP contribution in [0.15, 0.2) is 42.6 Å². The maximum Gasteiger partial charge on any atom is 0.255 e. The van der Waals surface area contributed by atoms with Crippen LogP contribution in [0.5, 0.6) is 11.5 Å². The van der Waals surface area contributed by atoms with E-state index >= 15 is 0 Å². The molecule has 0 bridgehead atoms. The molecule has 2 heterocycles. The van der Waals surface area contributed by atoms with Crippen LogP contribution < -0.4 is 19.7 Å². The van der Waals surface area contributed by atoms with Crippen molar-refractivity contribution in [2.45, 2.75) is 50.7 Å². The highest BCUT2D eigenvalue weighted by Crippen LogP contribution is 2.48. The summed E-state index contributed by atoms with van der Waals surface area (Å²) in [5, 5.41) is 3.06. The molecule has 1 N–H and O–H groups in total. The van der Waals surface area contributed by atoms with Crippen molar-refractivity contribution in [1.29, 1.82) is 0 Å². The minimum absolute atomic E-state index is 0.0205. The van der Waals surface area contributed by atoms with Crippen molar-refractivity contribution in [3.8, 4) is 11.5 Å². The number of halogens is 2. The summed E-state index contributed by atoms with van der Waals surface area (Å²) < 4.78 is 37.5. The molecule has 2 aliphatic carbocycles. The fourth-order valence-electron chi connectivity index (χ4n) is 4.11. The number of hydrogen-bond donors (Lipinski definition) is 1. The lowest BCUT2D eigenvalue weighted by molar-refractivity contribution is -0.122. The summed E-state index contributed by atoms with van der Waals surface area (Å²) in [6, 6.07) is 11.5. The van der Waals surface area contributed by atoms with Crippen LogP contribution >= 0.6 is 0 Å². The van der Waals surface area contributed by atoms with Crippen LogP contribution in [0.4, 0.5) is 14.6 Å². The average Bonchev–Trinajstić information content (AvgIpc) is 3.70. The number of alkyl halides is 2. The van der Waals surface area contributed by atoms with E-state index in [1.54, 1.807) is 12.3 Å². The van der Waals surface area contributed by atoms with Gasteiger partial charge in [-0.25, -0.2) is 13.8 Å². The van der Waals surface area contributed by atoms with Crippen molar-refractivity contribution in [2.24, 2.45) is 11.8 Å². The number of pyridine rings is 1. The Morgan fingerprint density at radius 3 is 2.55 bits per heavy atom. The number of anilines is 1. The number of ether oxygens (including phenoxy) is 2. The molecule has 1 aromatic heterocycles. The molecule has 33 heavy (non-hydrogen) atoms. The van der Waals surface area contributed by atoms with E-state index in [9.17, 15) is 13.6 Å². The third kappa shape index (κ3) is 5.37. The summed E-state index contributed by atoms with van der Waals surface area (Å²) in [6.45, 7) is 3.57. The van der Waals surface area contributed by atoms with Crippen LogP contribution in [-0.2, 0) is 4.79 Å². The predicted molar refractivity (Wildman–Crippen MR) is 120 cm³/mol. The van der Waals surface area contributed by atoms with Crippen LogP contribution in [0.1, 0.15) is 44.2 Å². The first-order valence-electron chi connectivity index (χ1n) is 11.7. The molecule has 3 fully saturated rings. The molecule has 1 amide bonds. The van der Waals surface area contributed by atoms with Gasteiger partial charge in [0.25, 0.3) is 5.92 Å². The molecule has 6 nitrogen and oxygen atoms in total. The Morgan fingerprint density at radius 1 is 1.18 bits per heavy atom. The first kappa shape index (κ1) is 21.9. The summed E-state index contributed by atoms with van der Waals surface area (Å²) in [5.41, 5.74) is 1.06. The molecule has 2 aromatic rings. The number of amides is 1. The Hall–Kier alpha value is -2.90. The second-order valence-corrected chi connectivity index (χ2v) is 9.37. The molecule has 0 spiro atoms. The Bertz CT molecular complexity index is 979. The van der Waals surface area contributed by atoms with Gasteiger partial charge in [-0.2, -0.15) is 0 Å². The van der Waals surface area contributed by atoms with Crippen molar-refractivity contribution in [3.05, 3.63) is 48.2 Å². The van der Waals surface area contributed by atoms with Gasteiger partial charge in [-0.3, -0.25) is 4.79 Å². The van der Waals surface area contributed by atoms with Crippen LogP contribution in [0.3, 0.4) is 0 Å². The van der Waals surface area contributed by atoms with Crippen LogP contribution in [-0.4, -0.2) is 42.6 Å². The van der Waals surface area contributed by atoms with Crippen molar-refractivity contribution in [2.75, 3.05) is 24.6 Å². The zero-order valence-electron chi connectivity index (χ0n) is 18.7. The maximum atomic E-state index is 13.0. The lowest BCUT2D eigenvalue weighted by atomic mass is 10.1. The Balaban J connectivity index is 1.09. The van der Waals surface area contributed by atoms with E-state index in [4.69, 9.17) is 9.47 Å². The van der Waals surface area contributed by atoms with E-state index in [0.29, 0.717) is 5.75 Å². The molecule has 3 aliphatic rings. The molecule has 8 heteroatoms. The van der Waals surface area contributed by atoms with Gasteiger partial charge in [0, 0.05) is 25.3 Å². The zero-order valence-corrected chi connectivity index (χ0v) is 18.7. The van der Waals surface area contributed by atoms with Crippen molar-refractivity contribution in [3.63, 3.8) is 0 Å². The lowest BCUT2D eigenvalue weighted by Crippen LogP contribution is -2.27. The molecule has 176 valence electrons. The van der Waals surface area contributed by atoms with Gasteiger partial charge in [0.2, 0.25) is 5.91 Å². The Labute approximate surface area is 192 Å². The average molecular weight is 458 g/mol. The standard InChI is InChI=1S/C25H29F2N3O3/c1-16(29-24(31)18-2-3-18)17-4-6-20(7-5-17)33-22-10-11-30(14-22)23-9-8-21(13-28-23)32-15-19-12-25(19,26)27/h4-9,13,16,18-19,22H,2-3,10-12,14-15H2,1H3,(H,29,31)/t16-,19?,22+/m0/s1. The fourth-order valence-corrected chi connectivity index (χ4v) is 4.11. The van der Waals surface area contributed by atoms with Gasteiger partial charge < -0.3 is 19.7 Å². The highest BCUT2D eigenvalue weighted by Gasteiger charge is 2.57. The number of carbonyl (C=O) groups is 1. The molecule has 1 aromatic carbocycles. The first-order chi connectivity index (χ1) is 15.9. The van der Waals surface area contributed by atoms with Gasteiger partial charge in [-0.1, -0.05) is 12.1 Å². The number of rotatable bonds is 9. The normalized spacial score (nSPS) is 24.3. The summed E-state index contributed by atoms with van der Waals surface area (Å²) in [6.07, 6.45) is 4.43. The Morgan fingerprint density at radius 2 is 1.91 bits per heavy atom. The lowest BCUT2D eigenvalue weighted by Gasteiger charge is -2.19. The van der Waals surface area contributed by atoms with Crippen molar-refractivity contribution >= 4 is 11.7 Å². The van der Waals surface area contributed by atoms with Gasteiger partial charge >= 0.3 is 0 Å². The minimum Gasteiger partial charge on any atom is -0.491 e. The molecule has 1 aliphatic heterocycles. The number of hydrogen-bond acceptors (Lipinski definition) is 5. The van der Waals surface area contributed by atoms with Gasteiger partial charge in [-0.05, 0) is 49.6 Å². The third-order valence-corrected chi connectivity index (χ3v) is 6.59. The molecular formula is C25H29F2N3O3. The highest BCUT2D eigenvalue weighted by atomic mass is 19.3. The van der Waals surface area contributed by atoms with Gasteiger partial charge in [0.15, 0.2) is 0 Å². The SMILES string of the molecule is C[C@H](NC(=O)C1CC1)c1ccc(O[C@@H]2CCN(c3ccc(OCC4CC4(F)F)cn3)C2)cc1. The number of nitrogens with one attached hydrogen (secondary N) is 1. The molecular weight excluding hydrogens is 428 g/mol. The number of aromatic nitrogens is 1. The number of nitrogens with zero attached hydrogens (tertiary/aromatic N) is 2. The number of benzene rings is 1. The van der Waals surface area contributed by atoms with E-state index in [0.717, 1.165) is 49.5 Å². The van der Waals surface area contributed by atoms with Gasteiger partial charge in [-0.15, -0.1) is 0 Å². The van der Waals surface area contributed by atoms with E-state index in [1.807, 2.05) is 37.3 Å². The van der Waals surface area contributed by atoms with E-state index in [2.05, 4.69) is 15.2 Å². The topological polar surface area (TPSA) is 63.7 Å². The van der Waals surface area contributed by atoms with E-state index in [1.165, 1.54) is 0 Å². The molecule has 5 rings (SSSR count). The highest BCUT2D eigenvalue weighted by molar-refractivity contribution is 5.81. The van der Waals surface area contributed by atoms with Crippen LogP contribution in [0, 0.1) is 11.8 Å². The van der Waals surface area contributed by atoms with Gasteiger partial charge in [0.05, 0.1) is 31.3 Å². The molecule has 1 unspecified atom stereocenters. The second-order valence-electron chi connectivity index (χ2n) is 9.37. The summed E-state index contributed by atoms with van der Waals surface area (Å²) >= 11 is 0. The summed E-state index contributed by atoms with van der Waals surface area (Å²) in [7, 11) is 0. The number of carbonyl (C=O) groups excluding carboxylic acids is 1. The fraction of sp³-hybridized carbons (Fsp3) is 0.520. The monoisotopic (exact) mass is 457 g/mol. The van der Waals surface area contributed by atoms with Crippen LogP contribution in [0.2, 0.25) is 0 Å². The van der Waals surface area contributed by atoms with Crippen LogP contribution in [0.25, 0.3) is 0 Å². The van der Waals surface area contributed by atoms with E-state index < -0.39 is 11.8 Å². The summed E-state index contributed by atoms with van der Waals surface area (Å²) in [5.74, 6) is -0.757. The molecule has 1 saturated heterocycles. The molecule has 0 radical (unpaired) electrons. The Kier molecular flexibility index (Phi) is 5.85.